The third-order valence-corrected chi connectivity index (χ3v) is 3.36. The van der Waals surface area contributed by atoms with Gasteiger partial charge in [-0.1, -0.05) is 23.7 Å². The first-order chi connectivity index (χ1) is 10.0. The van der Waals surface area contributed by atoms with Gasteiger partial charge >= 0.3 is 0 Å². The Balaban J connectivity index is 2.23. The van der Waals surface area contributed by atoms with Gasteiger partial charge < -0.3 is 20.1 Å². The number of aliphatic hydroxyl groups is 1. The maximum Gasteiger partial charge on any atom is 0.271 e. The lowest BCUT2D eigenvalue weighted by Crippen LogP contribution is -2.19. The number of benzene rings is 1. The van der Waals surface area contributed by atoms with Crippen LogP contribution in [-0.2, 0) is 6.61 Å². The van der Waals surface area contributed by atoms with Crippen molar-refractivity contribution >= 4 is 17.5 Å². The van der Waals surface area contributed by atoms with Gasteiger partial charge in [-0.15, -0.1) is 0 Å². The zero-order chi connectivity index (χ0) is 15.4. The fraction of sp³-hybridized carbons (Fsp3) is 0.267. The van der Waals surface area contributed by atoms with Crippen molar-refractivity contribution in [1.29, 1.82) is 0 Å². The van der Waals surface area contributed by atoms with Crippen LogP contribution in [0.15, 0.2) is 30.3 Å². The van der Waals surface area contributed by atoms with E-state index < -0.39 is 0 Å². The number of halogens is 1. The summed E-state index contributed by atoms with van der Waals surface area (Å²) in [7, 11) is 1.54. The van der Waals surface area contributed by atoms with Gasteiger partial charge in [0.05, 0.1) is 6.61 Å². The lowest BCUT2D eigenvalue weighted by Gasteiger charge is -2.15. The molecule has 0 aliphatic carbocycles. The fourth-order valence-corrected chi connectivity index (χ4v) is 2.08. The van der Waals surface area contributed by atoms with Gasteiger partial charge in [-0.3, -0.25) is 4.79 Å². The largest absolute Gasteiger partial charge is 0.484 e. The first kappa shape index (κ1) is 15.4. The van der Waals surface area contributed by atoms with Crippen LogP contribution >= 0.6 is 11.6 Å². The molecule has 0 saturated heterocycles. The van der Waals surface area contributed by atoms with Crippen LogP contribution < -0.4 is 10.1 Å². The molecular formula is C15H17ClN2O3. The summed E-state index contributed by atoms with van der Waals surface area (Å²) in [5.74, 6) is 0.105. The number of hydrogen-bond donors (Lipinski definition) is 3. The van der Waals surface area contributed by atoms with Crippen molar-refractivity contribution in [2.75, 3.05) is 7.05 Å². The molecule has 6 heteroatoms. The van der Waals surface area contributed by atoms with E-state index in [9.17, 15) is 9.90 Å². The molecule has 112 valence electrons. The molecule has 0 bridgehead atoms. The van der Waals surface area contributed by atoms with Crippen molar-refractivity contribution < 1.29 is 14.6 Å². The first-order valence-electron chi connectivity index (χ1n) is 6.52. The SMILES string of the molecule is CNC(=O)c1[nH]c(CO)cc1OC(C)c1ccc(Cl)cc1. The number of aromatic amines is 1. The summed E-state index contributed by atoms with van der Waals surface area (Å²) >= 11 is 5.86. The summed E-state index contributed by atoms with van der Waals surface area (Å²) in [6.07, 6.45) is -0.256. The quantitative estimate of drug-likeness (QED) is 0.795. The highest BCUT2D eigenvalue weighted by Crippen LogP contribution is 2.27. The highest BCUT2D eigenvalue weighted by Gasteiger charge is 2.18. The van der Waals surface area contributed by atoms with Gasteiger partial charge in [0.25, 0.3) is 5.91 Å². The highest BCUT2D eigenvalue weighted by atomic mass is 35.5. The molecule has 2 aromatic rings. The van der Waals surface area contributed by atoms with E-state index in [4.69, 9.17) is 16.3 Å². The van der Waals surface area contributed by atoms with Crippen molar-refractivity contribution in [1.82, 2.24) is 10.3 Å². The summed E-state index contributed by atoms with van der Waals surface area (Å²) in [5, 5.41) is 12.4. The molecule has 1 aromatic carbocycles. The molecule has 0 aliphatic rings. The van der Waals surface area contributed by atoms with Crippen LogP contribution in [0.1, 0.15) is 34.8 Å². The molecule has 1 unspecified atom stereocenters. The molecule has 0 saturated carbocycles. The maximum atomic E-state index is 11.8. The fourth-order valence-electron chi connectivity index (χ4n) is 1.95. The first-order valence-corrected chi connectivity index (χ1v) is 6.90. The second-order valence-corrected chi connectivity index (χ2v) is 5.02. The lowest BCUT2D eigenvalue weighted by molar-refractivity contribution is 0.0951. The van der Waals surface area contributed by atoms with Gasteiger partial charge in [-0.05, 0) is 24.6 Å². The van der Waals surface area contributed by atoms with Crippen molar-refractivity contribution in [2.24, 2.45) is 0 Å². The summed E-state index contributed by atoms with van der Waals surface area (Å²) in [6.45, 7) is 1.69. The molecule has 0 fully saturated rings. The molecule has 3 N–H and O–H groups in total. The van der Waals surface area contributed by atoms with Crippen LogP contribution in [0.25, 0.3) is 0 Å². The Morgan fingerprint density at radius 1 is 1.43 bits per heavy atom. The van der Waals surface area contributed by atoms with Crippen molar-refractivity contribution in [3.05, 3.63) is 52.3 Å². The molecule has 2 rings (SSSR count). The molecule has 1 aromatic heterocycles. The van der Waals surface area contributed by atoms with Crippen LogP contribution in [0.4, 0.5) is 0 Å². The van der Waals surface area contributed by atoms with E-state index in [-0.39, 0.29) is 18.6 Å². The monoisotopic (exact) mass is 308 g/mol. The average molecular weight is 309 g/mol. The summed E-state index contributed by atoms with van der Waals surface area (Å²) in [6, 6.07) is 8.93. The predicted molar refractivity (Wildman–Crippen MR) is 80.6 cm³/mol. The summed E-state index contributed by atoms with van der Waals surface area (Å²) in [5.41, 5.74) is 1.75. The Morgan fingerprint density at radius 3 is 2.67 bits per heavy atom. The number of hydrogen-bond acceptors (Lipinski definition) is 3. The molecular weight excluding hydrogens is 292 g/mol. The van der Waals surface area contributed by atoms with Gasteiger partial charge in [0.15, 0.2) is 5.75 Å². The van der Waals surface area contributed by atoms with Gasteiger partial charge in [-0.25, -0.2) is 0 Å². The Kier molecular flexibility index (Phi) is 4.88. The number of aromatic nitrogens is 1. The molecule has 21 heavy (non-hydrogen) atoms. The number of nitrogens with one attached hydrogen (secondary N) is 2. The minimum Gasteiger partial charge on any atom is -0.484 e. The zero-order valence-electron chi connectivity index (χ0n) is 11.8. The topological polar surface area (TPSA) is 74.4 Å². The lowest BCUT2D eigenvalue weighted by atomic mass is 10.1. The molecule has 0 spiro atoms. The summed E-state index contributed by atoms with van der Waals surface area (Å²) < 4.78 is 5.83. The van der Waals surface area contributed by atoms with E-state index >= 15 is 0 Å². The maximum absolute atomic E-state index is 11.8. The number of ether oxygens (including phenoxy) is 1. The minimum absolute atomic E-state index is 0.192. The predicted octanol–water partition coefficient (Wildman–Crippen LogP) is 2.66. The molecule has 0 radical (unpaired) electrons. The standard InChI is InChI=1S/C15H17ClN2O3/c1-9(10-3-5-11(16)6-4-10)21-13-7-12(8-19)18-14(13)15(20)17-2/h3-7,9,18-19H,8H2,1-2H3,(H,17,20). The molecule has 0 aliphatic heterocycles. The molecule has 1 amide bonds. The van der Waals surface area contributed by atoms with E-state index in [0.717, 1.165) is 5.56 Å². The number of carbonyl (C=O) groups is 1. The second-order valence-electron chi connectivity index (χ2n) is 4.58. The Morgan fingerprint density at radius 2 is 2.10 bits per heavy atom. The van der Waals surface area contributed by atoms with Gasteiger partial charge in [0.1, 0.15) is 11.8 Å². The Labute approximate surface area is 127 Å². The minimum atomic E-state index is -0.298. The van der Waals surface area contributed by atoms with Gasteiger partial charge in [0.2, 0.25) is 0 Å². The van der Waals surface area contributed by atoms with E-state index in [1.807, 2.05) is 19.1 Å². The van der Waals surface area contributed by atoms with Crippen LogP contribution in [0, 0.1) is 0 Å². The Bertz CT molecular complexity index is 622. The average Bonchev–Trinajstić information content (AvgIpc) is 2.90. The van der Waals surface area contributed by atoms with Crippen LogP contribution in [0.2, 0.25) is 5.02 Å². The third kappa shape index (κ3) is 3.56. The zero-order valence-corrected chi connectivity index (χ0v) is 12.6. The van der Waals surface area contributed by atoms with E-state index in [2.05, 4.69) is 10.3 Å². The second kappa shape index (κ2) is 6.65. The van der Waals surface area contributed by atoms with E-state index in [1.165, 1.54) is 7.05 Å². The number of carbonyl (C=O) groups excluding carboxylic acids is 1. The van der Waals surface area contributed by atoms with Crippen LogP contribution in [-0.4, -0.2) is 23.0 Å². The van der Waals surface area contributed by atoms with Crippen molar-refractivity contribution in [2.45, 2.75) is 19.6 Å². The van der Waals surface area contributed by atoms with E-state index in [0.29, 0.717) is 22.2 Å². The van der Waals surface area contributed by atoms with Crippen molar-refractivity contribution in [3.63, 3.8) is 0 Å². The third-order valence-electron chi connectivity index (χ3n) is 3.10. The number of rotatable bonds is 5. The van der Waals surface area contributed by atoms with Crippen molar-refractivity contribution in [3.8, 4) is 5.75 Å². The van der Waals surface area contributed by atoms with Gasteiger partial charge in [-0.2, -0.15) is 0 Å². The Hall–Kier alpha value is -1.98. The molecule has 5 nitrogen and oxygen atoms in total. The summed E-state index contributed by atoms with van der Waals surface area (Å²) in [4.78, 5) is 14.6. The highest BCUT2D eigenvalue weighted by molar-refractivity contribution is 6.30. The van der Waals surface area contributed by atoms with Crippen LogP contribution in [0.3, 0.4) is 0 Å². The van der Waals surface area contributed by atoms with E-state index in [1.54, 1.807) is 18.2 Å². The van der Waals surface area contributed by atoms with Gasteiger partial charge in [0, 0.05) is 23.8 Å². The number of aliphatic hydroxyl groups excluding tert-OH is 1. The number of amides is 1. The molecule has 1 heterocycles. The smallest absolute Gasteiger partial charge is 0.271 e. The van der Waals surface area contributed by atoms with Crippen LogP contribution in [0.5, 0.6) is 5.75 Å². The normalized spacial score (nSPS) is 12.0. The molecule has 1 atom stereocenters. The number of H-pyrrole nitrogens is 1.